The van der Waals surface area contributed by atoms with Crippen molar-refractivity contribution in [2.75, 3.05) is 0 Å². The Kier molecular flexibility index (Phi) is 6.96. The van der Waals surface area contributed by atoms with Gasteiger partial charge in [0.15, 0.2) is 16.3 Å². The maximum atomic E-state index is 13.2. The monoisotopic (exact) mass is 437 g/mol. The predicted octanol–water partition coefficient (Wildman–Crippen LogP) is 3.55. The SMILES string of the molecule is CCC(Sc1nc2nccnc2c(=O)n1Cc1ccccc1)C(=O)NC1CCCCC1. The molecule has 162 valence electrons. The highest BCUT2D eigenvalue weighted by Crippen LogP contribution is 2.26. The molecule has 0 radical (unpaired) electrons. The van der Waals surface area contributed by atoms with Crippen molar-refractivity contribution in [2.24, 2.45) is 0 Å². The van der Waals surface area contributed by atoms with Gasteiger partial charge in [0.1, 0.15) is 0 Å². The Labute approximate surface area is 185 Å². The van der Waals surface area contributed by atoms with E-state index in [0.717, 1.165) is 31.2 Å². The summed E-state index contributed by atoms with van der Waals surface area (Å²) in [5, 5.41) is 3.37. The lowest BCUT2D eigenvalue weighted by Crippen LogP contribution is -2.41. The molecule has 1 aliphatic carbocycles. The maximum Gasteiger partial charge on any atom is 0.282 e. The summed E-state index contributed by atoms with van der Waals surface area (Å²) in [5.41, 5.74) is 1.28. The van der Waals surface area contributed by atoms with Crippen LogP contribution in [0.25, 0.3) is 11.2 Å². The fourth-order valence-electron chi connectivity index (χ4n) is 3.91. The van der Waals surface area contributed by atoms with Gasteiger partial charge in [-0.1, -0.05) is 68.3 Å². The molecule has 1 N–H and O–H groups in total. The molecule has 0 aliphatic heterocycles. The number of aromatic nitrogens is 4. The first-order valence-corrected chi connectivity index (χ1v) is 11.8. The second kappa shape index (κ2) is 10.0. The first-order valence-electron chi connectivity index (χ1n) is 10.9. The van der Waals surface area contributed by atoms with Crippen LogP contribution in [0.5, 0.6) is 0 Å². The second-order valence-electron chi connectivity index (χ2n) is 7.86. The summed E-state index contributed by atoms with van der Waals surface area (Å²) in [6, 6.07) is 10.00. The van der Waals surface area contributed by atoms with Crippen molar-refractivity contribution in [2.45, 2.75) is 68.4 Å². The number of hydrogen-bond donors (Lipinski definition) is 1. The number of nitrogens with zero attached hydrogens (tertiary/aromatic N) is 4. The van der Waals surface area contributed by atoms with Gasteiger partial charge in [-0.3, -0.25) is 14.2 Å². The Balaban J connectivity index is 1.65. The minimum atomic E-state index is -0.329. The highest BCUT2D eigenvalue weighted by molar-refractivity contribution is 8.00. The van der Waals surface area contributed by atoms with E-state index in [1.165, 1.54) is 30.6 Å². The van der Waals surface area contributed by atoms with Crippen LogP contribution >= 0.6 is 11.8 Å². The molecule has 1 aromatic carbocycles. The maximum absolute atomic E-state index is 13.2. The van der Waals surface area contributed by atoms with Crippen LogP contribution in [0.1, 0.15) is 51.0 Å². The zero-order valence-corrected chi connectivity index (χ0v) is 18.5. The van der Waals surface area contributed by atoms with Crippen LogP contribution in [-0.4, -0.2) is 36.7 Å². The molecule has 2 aromatic heterocycles. The van der Waals surface area contributed by atoms with E-state index in [9.17, 15) is 9.59 Å². The number of carbonyl (C=O) groups excluding carboxylic acids is 1. The van der Waals surface area contributed by atoms with E-state index in [1.807, 2.05) is 37.3 Å². The van der Waals surface area contributed by atoms with Crippen molar-refractivity contribution in [1.82, 2.24) is 24.8 Å². The molecule has 7 nitrogen and oxygen atoms in total. The third-order valence-electron chi connectivity index (χ3n) is 5.61. The van der Waals surface area contributed by atoms with Gasteiger partial charge >= 0.3 is 0 Å². The van der Waals surface area contributed by atoms with Crippen LogP contribution in [0.3, 0.4) is 0 Å². The predicted molar refractivity (Wildman–Crippen MR) is 122 cm³/mol. The number of nitrogens with one attached hydrogen (secondary N) is 1. The van der Waals surface area contributed by atoms with Gasteiger partial charge in [0, 0.05) is 18.4 Å². The Morgan fingerprint density at radius 1 is 1.16 bits per heavy atom. The standard InChI is InChI=1S/C23H27N5O2S/c1-2-18(21(29)26-17-11-7-4-8-12-17)31-23-27-20-19(24-13-14-25-20)22(30)28(23)15-16-9-5-3-6-10-16/h3,5-6,9-10,13-14,17-18H,2,4,7-8,11-12,15H2,1H3,(H,26,29). The second-order valence-corrected chi connectivity index (χ2v) is 9.03. The fraction of sp³-hybridized carbons (Fsp3) is 0.435. The van der Waals surface area contributed by atoms with Gasteiger partial charge in [0.2, 0.25) is 5.91 Å². The third kappa shape index (κ3) is 5.12. The average molecular weight is 438 g/mol. The molecule has 1 aliphatic rings. The number of thioether (sulfide) groups is 1. The molecule has 0 saturated heterocycles. The number of rotatable bonds is 7. The summed E-state index contributed by atoms with van der Waals surface area (Å²) in [4.78, 5) is 39.2. The summed E-state index contributed by atoms with van der Waals surface area (Å²) < 4.78 is 1.60. The number of carbonyl (C=O) groups is 1. The van der Waals surface area contributed by atoms with Crippen molar-refractivity contribution in [1.29, 1.82) is 0 Å². The van der Waals surface area contributed by atoms with Gasteiger partial charge < -0.3 is 5.32 Å². The molecule has 0 spiro atoms. The molecular weight excluding hydrogens is 410 g/mol. The summed E-state index contributed by atoms with van der Waals surface area (Å²) in [6.07, 6.45) is 9.31. The Morgan fingerprint density at radius 3 is 2.65 bits per heavy atom. The molecule has 1 unspecified atom stereocenters. The zero-order chi connectivity index (χ0) is 21.6. The lowest BCUT2D eigenvalue weighted by molar-refractivity contribution is -0.121. The van der Waals surface area contributed by atoms with Crippen LogP contribution in [0.15, 0.2) is 52.7 Å². The van der Waals surface area contributed by atoms with Crippen molar-refractivity contribution in [3.8, 4) is 0 Å². The number of benzene rings is 1. The van der Waals surface area contributed by atoms with Crippen molar-refractivity contribution in [3.63, 3.8) is 0 Å². The number of amides is 1. The first-order chi connectivity index (χ1) is 15.2. The van der Waals surface area contributed by atoms with E-state index in [2.05, 4.69) is 20.3 Å². The Bertz CT molecular complexity index is 1100. The van der Waals surface area contributed by atoms with Crippen molar-refractivity contribution < 1.29 is 4.79 Å². The topological polar surface area (TPSA) is 89.8 Å². The largest absolute Gasteiger partial charge is 0.352 e. The lowest BCUT2D eigenvalue weighted by atomic mass is 9.95. The number of hydrogen-bond acceptors (Lipinski definition) is 6. The smallest absolute Gasteiger partial charge is 0.282 e. The highest BCUT2D eigenvalue weighted by Gasteiger charge is 2.25. The van der Waals surface area contributed by atoms with Crippen molar-refractivity contribution in [3.05, 3.63) is 58.6 Å². The van der Waals surface area contributed by atoms with E-state index in [1.54, 1.807) is 4.57 Å². The Morgan fingerprint density at radius 2 is 1.90 bits per heavy atom. The van der Waals surface area contributed by atoms with Gasteiger partial charge in [-0.05, 0) is 24.8 Å². The quantitative estimate of drug-likeness (QED) is 0.449. The molecule has 1 amide bonds. The molecule has 2 heterocycles. The minimum Gasteiger partial charge on any atom is -0.352 e. The molecule has 31 heavy (non-hydrogen) atoms. The van der Waals surface area contributed by atoms with Crippen molar-refractivity contribution >= 4 is 28.8 Å². The summed E-state index contributed by atoms with van der Waals surface area (Å²) in [6.45, 7) is 2.35. The molecule has 1 atom stereocenters. The van der Waals surface area contributed by atoms with Gasteiger partial charge in [-0.25, -0.2) is 15.0 Å². The zero-order valence-electron chi connectivity index (χ0n) is 17.7. The molecule has 4 rings (SSSR count). The lowest BCUT2D eigenvalue weighted by Gasteiger charge is -2.25. The van der Waals surface area contributed by atoms with Gasteiger partial charge in [0.25, 0.3) is 5.56 Å². The third-order valence-corrected chi connectivity index (χ3v) is 6.96. The van der Waals surface area contributed by atoms with E-state index in [0.29, 0.717) is 23.8 Å². The summed E-state index contributed by atoms with van der Waals surface area (Å²) in [5.74, 6) is 0.0131. The minimum absolute atomic E-state index is 0.0131. The molecule has 3 aromatic rings. The molecule has 0 bridgehead atoms. The van der Waals surface area contributed by atoms with Crippen LogP contribution in [0.4, 0.5) is 0 Å². The molecule has 8 heteroatoms. The number of fused-ring (bicyclic) bond motifs is 1. The average Bonchev–Trinajstić information content (AvgIpc) is 2.81. The normalized spacial score (nSPS) is 15.6. The summed E-state index contributed by atoms with van der Waals surface area (Å²) >= 11 is 1.33. The van der Waals surface area contributed by atoms with E-state index >= 15 is 0 Å². The van der Waals surface area contributed by atoms with Crippen LogP contribution in [0, 0.1) is 0 Å². The van der Waals surface area contributed by atoms with Crippen LogP contribution in [-0.2, 0) is 11.3 Å². The van der Waals surface area contributed by atoms with Gasteiger partial charge in [-0.15, -0.1) is 0 Å². The van der Waals surface area contributed by atoms with Crippen LogP contribution < -0.4 is 10.9 Å². The van der Waals surface area contributed by atoms with E-state index < -0.39 is 0 Å². The van der Waals surface area contributed by atoms with Gasteiger partial charge in [-0.2, -0.15) is 0 Å². The Hall–Kier alpha value is -2.74. The van der Waals surface area contributed by atoms with E-state index in [4.69, 9.17) is 0 Å². The highest BCUT2D eigenvalue weighted by atomic mass is 32.2. The molecule has 1 fully saturated rings. The summed E-state index contributed by atoms with van der Waals surface area (Å²) in [7, 11) is 0. The van der Waals surface area contributed by atoms with Crippen LogP contribution in [0.2, 0.25) is 0 Å². The molecule has 1 saturated carbocycles. The molecular formula is C23H27N5O2S. The van der Waals surface area contributed by atoms with E-state index in [-0.39, 0.29) is 28.3 Å². The fourth-order valence-corrected chi connectivity index (χ4v) is 4.93. The first kappa shape index (κ1) is 21.5. The van der Waals surface area contributed by atoms with Gasteiger partial charge in [0.05, 0.1) is 11.8 Å².